The van der Waals surface area contributed by atoms with Crippen LogP contribution in [0.2, 0.25) is 0 Å². The van der Waals surface area contributed by atoms with E-state index in [0.29, 0.717) is 17.0 Å². The maximum atomic E-state index is 13.7. The summed E-state index contributed by atoms with van der Waals surface area (Å²) in [6.45, 7) is 0. The van der Waals surface area contributed by atoms with Crippen molar-refractivity contribution >= 4 is 44.8 Å². The summed E-state index contributed by atoms with van der Waals surface area (Å²) in [6.07, 6.45) is 1.92. The zero-order valence-electron chi connectivity index (χ0n) is 20.4. The average Bonchev–Trinajstić information content (AvgIpc) is 3.41. The molecule has 6 heteroatoms. The SMILES string of the molecule is COc1cccc(N2C(=O)C(=O)/C(=C(/O)c3cccc4ccccc34)C2c2cn(C)c3ccccc23)c1. The lowest BCUT2D eigenvalue weighted by Crippen LogP contribution is -2.29. The van der Waals surface area contributed by atoms with Crippen molar-refractivity contribution in [2.24, 2.45) is 7.05 Å². The molecule has 1 unspecified atom stereocenters. The number of para-hydroxylation sites is 1. The molecule has 1 aliphatic rings. The van der Waals surface area contributed by atoms with Crippen LogP contribution >= 0.6 is 0 Å². The minimum atomic E-state index is -0.836. The molecule has 5 aromatic rings. The number of aliphatic hydroxyl groups is 1. The summed E-state index contributed by atoms with van der Waals surface area (Å²) in [7, 11) is 3.48. The Kier molecular flexibility index (Phi) is 5.30. The summed E-state index contributed by atoms with van der Waals surface area (Å²) in [6, 6.07) is 27.2. The number of carbonyl (C=O) groups is 2. The van der Waals surface area contributed by atoms with Crippen molar-refractivity contribution in [3.8, 4) is 5.75 Å². The van der Waals surface area contributed by atoms with Crippen molar-refractivity contribution in [3.05, 3.63) is 114 Å². The van der Waals surface area contributed by atoms with Crippen LogP contribution in [0, 0.1) is 0 Å². The van der Waals surface area contributed by atoms with Crippen molar-refractivity contribution in [3.63, 3.8) is 0 Å². The molecule has 1 saturated heterocycles. The quantitative estimate of drug-likeness (QED) is 0.192. The molecular formula is C31H24N2O4. The maximum absolute atomic E-state index is 13.7. The van der Waals surface area contributed by atoms with Gasteiger partial charge >= 0.3 is 0 Å². The van der Waals surface area contributed by atoms with Gasteiger partial charge in [0.25, 0.3) is 11.7 Å². The number of methoxy groups -OCH3 is 1. The summed E-state index contributed by atoms with van der Waals surface area (Å²) in [5, 5.41) is 14.4. The number of nitrogens with zero attached hydrogens (tertiary/aromatic N) is 2. The third kappa shape index (κ3) is 3.49. The van der Waals surface area contributed by atoms with Gasteiger partial charge in [-0.25, -0.2) is 0 Å². The van der Waals surface area contributed by atoms with Crippen LogP contribution in [-0.2, 0) is 16.6 Å². The highest BCUT2D eigenvalue weighted by atomic mass is 16.5. The van der Waals surface area contributed by atoms with Crippen LogP contribution in [-0.4, -0.2) is 28.5 Å². The van der Waals surface area contributed by atoms with Gasteiger partial charge in [-0.05, 0) is 29.0 Å². The minimum Gasteiger partial charge on any atom is -0.507 e. The van der Waals surface area contributed by atoms with E-state index < -0.39 is 17.7 Å². The fraction of sp³-hybridized carbons (Fsp3) is 0.0968. The fourth-order valence-electron chi connectivity index (χ4n) is 5.32. The first-order valence-electron chi connectivity index (χ1n) is 12.0. The number of aryl methyl sites for hydroxylation is 1. The van der Waals surface area contributed by atoms with E-state index in [1.165, 1.54) is 4.90 Å². The van der Waals surface area contributed by atoms with Crippen LogP contribution in [0.3, 0.4) is 0 Å². The standard InChI is InChI=1S/C31H24N2O4/c1-32-18-25(23-14-5-6-16-26(23)32)28-27(29(34)24-15-7-10-19-9-3-4-13-22(19)24)30(35)31(36)33(28)20-11-8-12-21(17-20)37-2/h3-18,28,34H,1-2H3/b29-27+. The highest BCUT2D eigenvalue weighted by molar-refractivity contribution is 6.52. The molecule has 1 aliphatic heterocycles. The first-order valence-corrected chi connectivity index (χ1v) is 12.0. The number of hydrogen-bond acceptors (Lipinski definition) is 4. The Morgan fingerprint density at radius 2 is 1.57 bits per heavy atom. The molecule has 0 aliphatic carbocycles. The second kappa shape index (κ2) is 8.68. The zero-order valence-corrected chi connectivity index (χ0v) is 20.4. The van der Waals surface area contributed by atoms with Crippen molar-refractivity contribution in [1.82, 2.24) is 4.57 Å². The van der Waals surface area contributed by atoms with E-state index in [2.05, 4.69) is 0 Å². The van der Waals surface area contributed by atoms with Crippen LogP contribution in [0.1, 0.15) is 17.2 Å². The monoisotopic (exact) mass is 488 g/mol. The summed E-state index contributed by atoms with van der Waals surface area (Å²) in [4.78, 5) is 28.8. The van der Waals surface area contributed by atoms with Crippen LogP contribution in [0.15, 0.2) is 103 Å². The highest BCUT2D eigenvalue weighted by Gasteiger charge is 2.48. The van der Waals surface area contributed by atoms with Crippen molar-refractivity contribution in [1.29, 1.82) is 0 Å². The number of amides is 1. The first kappa shape index (κ1) is 22.6. The van der Waals surface area contributed by atoms with Crippen LogP contribution < -0.4 is 9.64 Å². The van der Waals surface area contributed by atoms with Gasteiger partial charge in [0, 0.05) is 47.0 Å². The van der Waals surface area contributed by atoms with Gasteiger partial charge in [-0.2, -0.15) is 0 Å². The summed E-state index contributed by atoms with van der Waals surface area (Å²) >= 11 is 0. The Morgan fingerprint density at radius 1 is 0.865 bits per heavy atom. The van der Waals surface area contributed by atoms with Gasteiger partial charge in [0.1, 0.15) is 11.5 Å². The molecule has 1 N–H and O–H groups in total. The van der Waals surface area contributed by atoms with Gasteiger partial charge in [-0.1, -0.05) is 66.7 Å². The number of rotatable bonds is 4. The smallest absolute Gasteiger partial charge is 0.300 e. The molecular weight excluding hydrogens is 464 g/mol. The van der Waals surface area contributed by atoms with Gasteiger partial charge in [0.05, 0.1) is 18.7 Å². The molecule has 0 spiro atoms. The number of anilines is 1. The zero-order chi connectivity index (χ0) is 25.7. The first-order chi connectivity index (χ1) is 18.0. The lowest BCUT2D eigenvalue weighted by atomic mass is 9.93. The Morgan fingerprint density at radius 3 is 2.38 bits per heavy atom. The molecule has 6 rings (SSSR count). The normalized spacial score (nSPS) is 17.1. The molecule has 182 valence electrons. The number of ketones is 1. The number of carbonyl (C=O) groups excluding carboxylic acids is 2. The molecule has 0 bridgehead atoms. The number of Topliss-reactive ketones (excluding diaryl/α,β-unsaturated/α-hetero) is 1. The molecule has 6 nitrogen and oxygen atoms in total. The van der Waals surface area contributed by atoms with Gasteiger partial charge < -0.3 is 14.4 Å². The van der Waals surface area contributed by atoms with Crippen LogP contribution in [0.25, 0.3) is 27.4 Å². The van der Waals surface area contributed by atoms with Gasteiger partial charge in [-0.15, -0.1) is 0 Å². The van der Waals surface area contributed by atoms with Crippen molar-refractivity contribution < 1.29 is 19.4 Å². The van der Waals surface area contributed by atoms with E-state index >= 15 is 0 Å². The molecule has 37 heavy (non-hydrogen) atoms. The Hall–Kier alpha value is -4.84. The fourth-order valence-corrected chi connectivity index (χ4v) is 5.32. The predicted molar refractivity (Wildman–Crippen MR) is 145 cm³/mol. The topological polar surface area (TPSA) is 71.8 Å². The number of fused-ring (bicyclic) bond motifs is 2. The molecule has 0 radical (unpaired) electrons. The predicted octanol–water partition coefficient (Wildman–Crippen LogP) is 5.97. The van der Waals surface area contributed by atoms with E-state index in [1.807, 2.05) is 78.5 Å². The lowest BCUT2D eigenvalue weighted by Gasteiger charge is -2.25. The number of aliphatic hydroxyl groups excluding tert-OH is 1. The largest absolute Gasteiger partial charge is 0.507 e. The molecule has 0 saturated carbocycles. The van der Waals surface area contributed by atoms with Crippen LogP contribution in [0.5, 0.6) is 5.75 Å². The van der Waals surface area contributed by atoms with Gasteiger partial charge in [-0.3, -0.25) is 14.5 Å². The molecule has 1 fully saturated rings. The number of ether oxygens (including phenoxy) is 1. The van der Waals surface area contributed by atoms with E-state index in [1.54, 1.807) is 37.4 Å². The number of aromatic nitrogens is 1. The summed E-state index contributed by atoms with van der Waals surface area (Å²) < 4.78 is 7.36. The summed E-state index contributed by atoms with van der Waals surface area (Å²) in [5.41, 5.74) is 2.78. The van der Waals surface area contributed by atoms with E-state index in [4.69, 9.17) is 4.74 Å². The minimum absolute atomic E-state index is 0.0560. The Bertz CT molecular complexity index is 1740. The lowest BCUT2D eigenvalue weighted by molar-refractivity contribution is -0.132. The summed E-state index contributed by atoms with van der Waals surface area (Å²) in [5.74, 6) is -1.07. The van der Waals surface area contributed by atoms with Crippen molar-refractivity contribution in [2.45, 2.75) is 6.04 Å². The molecule has 1 atom stereocenters. The molecule has 1 amide bonds. The van der Waals surface area contributed by atoms with E-state index in [9.17, 15) is 14.7 Å². The van der Waals surface area contributed by atoms with Gasteiger partial charge in [0.15, 0.2) is 0 Å². The van der Waals surface area contributed by atoms with E-state index in [0.717, 1.165) is 27.2 Å². The highest BCUT2D eigenvalue weighted by Crippen LogP contribution is 2.45. The van der Waals surface area contributed by atoms with Crippen molar-refractivity contribution in [2.75, 3.05) is 12.0 Å². The van der Waals surface area contributed by atoms with E-state index in [-0.39, 0.29) is 11.3 Å². The molecule has 2 heterocycles. The maximum Gasteiger partial charge on any atom is 0.300 e. The Balaban J connectivity index is 1.67. The number of benzene rings is 4. The number of hydrogen-bond donors (Lipinski definition) is 1. The third-order valence-corrected chi connectivity index (χ3v) is 7.04. The van der Waals surface area contributed by atoms with Crippen LogP contribution in [0.4, 0.5) is 5.69 Å². The third-order valence-electron chi connectivity index (χ3n) is 7.04. The second-order valence-corrected chi connectivity index (χ2v) is 9.11. The second-order valence-electron chi connectivity index (χ2n) is 9.11. The average molecular weight is 489 g/mol. The molecule has 4 aromatic carbocycles. The Labute approximate surface area is 213 Å². The molecule has 1 aromatic heterocycles. The van der Waals surface area contributed by atoms with Gasteiger partial charge in [0.2, 0.25) is 0 Å².